The fraction of sp³-hybridized carbons (Fsp3) is 0.100. The van der Waals surface area contributed by atoms with E-state index in [0.29, 0.717) is 27.8 Å². The Balaban J connectivity index is 2.31. The molecule has 0 radical (unpaired) electrons. The van der Waals surface area contributed by atoms with Gasteiger partial charge in [-0.3, -0.25) is 4.79 Å². The quantitative estimate of drug-likeness (QED) is 0.279. The van der Waals surface area contributed by atoms with Gasteiger partial charge < -0.3 is 14.8 Å². The number of carbonyl (C=O) groups excluding carboxylic acids is 1. The Hall–Kier alpha value is -2.68. The van der Waals surface area contributed by atoms with Gasteiger partial charge in [0.05, 0.1) is 10.7 Å². The Labute approximate surface area is 176 Å². The fourth-order valence-electron chi connectivity index (χ4n) is 2.16. The van der Waals surface area contributed by atoms with Gasteiger partial charge in [0.15, 0.2) is 11.5 Å². The summed E-state index contributed by atoms with van der Waals surface area (Å²) in [5.74, 6) is 2.82. The maximum Gasteiger partial charge on any atom is 0.266 e. The van der Waals surface area contributed by atoms with Crippen LogP contribution in [0, 0.1) is 27.2 Å². The molecule has 0 aliphatic heterocycles. The molecule has 2 aromatic rings. The van der Waals surface area contributed by atoms with Crippen LogP contribution in [-0.2, 0) is 4.79 Å². The molecule has 0 saturated heterocycles. The van der Waals surface area contributed by atoms with Gasteiger partial charge in [-0.05, 0) is 64.6 Å². The predicted octanol–water partition coefficient (Wildman–Crippen LogP) is 4.51. The molecule has 0 unspecified atom stereocenters. The molecular formula is C20H14ClIN2O3. The van der Waals surface area contributed by atoms with Gasteiger partial charge in [-0.25, -0.2) is 0 Å². The molecule has 0 aliphatic carbocycles. The Morgan fingerprint density at radius 2 is 2.19 bits per heavy atom. The number of nitriles is 1. The van der Waals surface area contributed by atoms with Crippen molar-refractivity contribution < 1.29 is 14.3 Å². The molecule has 0 fully saturated rings. The zero-order valence-electron chi connectivity index (χ0n) is 14.3. The van der Waals surface area contributed by atoms with Gasteiger partial charge in [0.25, 0.3) is 5.91 Å². The van der Waals surface area contributed by atoms with Gasteiger partial charge in [0.2, 0.25) is 0 Å². The smallest absolute Gasteiger partial charge is 0.266 e. The van der Waals surface area contributed by atoms with Gasteiger partial charge in [-0.1, -0.05) is 23.6 Å². The summed E-state index contributed by atoms with van der Waals surface area (Å²) in [5.41, 5.74) is 1.05. The normalized spacial score (nSPS) is 10.5. The van der Waals surface area contributed by atoms with Crippen LogP contribution in [0.4, 0.5) is 5.69 Å². The first-order valence-electron chi connectivity index (χ1n) is 7.61. The Kier molecular flexibility index (Phi) is 7.54. The maximum atomic E-state index is 12.4. The number of benzene rings is 2. The first-order chi connectivity index (χ1) is 13.0. The molecule has 1 amide bonds. The van der Waals surface area contributed by atoms with E-state index in [2.05, 4.69) is 33.8 Å². The van der Waals surface area contributed by atoms with Crippen LogP contribution < -0.4 is 14.8 Å². The van der Waals surface area contributed by atoms with Gasteiger partial charge in [-0.2, -0.15) is 5.26 Å². The highest BCUT2D eigenvalue weighted by molar-refractivity contribution is 14.1. The summed E-state index contributed by atoms with van der Waals surface area (Å²) in [4.78, 5) is 12.4. The summed E-state index contributed by atoms with van der Waals surface area (Å²) in [7, 11) is 1.50. The molecule has 0 saturated carbocycles. The number of halogens is 2. The van der Waals surface area contributed by atoms with Gasteiger partial charge in [-0.15, -0.1) is 6.42 Å². The lowest BCUT2D eigenvalue weighted by atomic mass is 10.1. The molecule has 5 nitrogen and oxygen atoms in total. The van der Waals surface area contributed by atoms with Crippen molar-refractivity contribution in [2.75, 3.05) is 19.0 Å². The first kappa shape index (κ1) is 20.6. The third kappa shape index (κ3) is 5.65. The van der Waals surface area contributed by atoms with Crippen LogP contribution in [0.3, 0.4) is 0 Å². The average Bonchev–Trinajstić information content (AvgIpc) is 2.64. The number of hydrogen-bond donors (Lipinski definition) is 1. The largest absolute Gasteiger partial charge is 0.493 e. The minimum Gasteiger partial charge on any atom is -0.493 e. The summed E-state index contributed by atoms with van der Waals surface area (Å²) in [5, 5.41) is 12.5. The van der Waals surface area contributed by atoms with Crippen molar-refractivity contribution in [3.63, 3.8) is 0 Å². The number of anilines is 1. The standard InChI is InChI=1S/C20H14ClIN2O3/c1-3-7-27-19-17(22)9-13(10-18(19)26-2)8-14(12-23)20(25)24-16-6-4-5-15(21)11-16/h1,4-6,8-11H,7H2,2H3,(H,24,25)/b14-8+. The number of ether oxygens (including phenoxy) is 2. The third-order valence-electron chi connectivity index (χ3n) is 3.31. The topological polar surface area (TPSA) is 71.3 Å². The lowest BCUT2D eigenvalue weighted by Gasteiger charge is -2.12. The van der Waals surface area contributed by atoms with E-state index in [1.54, 1.807) is 36.4 Å². The average molecular weight is 493 g/mol. The minimum absolute atomic E-state index is 0.0647. The first-order valence-corrected chi connectivity index (χ1v) is 9.06. The van der Waals surface area contributed by atoms with Crippen molar-refractivity contribution in [2.24, 2.45) is 0 Å². The summed E-state index contributed by atoms with van der Waals surface area (Å²) in [6.07, 6.45) is 6.69. The van der Waals surface area contributed by atoms with E-state index in [-0.39, 0.29) is 12.2 Å². The van der Waals surface area contributed by atoms with Crippen LogP contribution in [0.1, 0.15) is 5.56 Å². The number of nitrogens with zero attached hydrogens (tertiary/aromatic N) is 1. The zero-order valence-corrected chi connectivity index (χ0v) is 17.2. The van der Waals surface area contributed by atoms with Crippen molar-refractivity contribution in [1.82, 2.24) is 0 Å². The van der Waals surface area contributed by atoms with Crippen molar-refractivity contribution in [1.29, 1.82) is 5.26 Å². The third-order valence-corrected chi connectivity index (χ3v) is 4.35. The van der Waals surface area contributed by atoms with E-state index in [4.69, 9.17) is 27.5 Å². The van der Waals surface area contributed by atoms with Gasteiger partial charge in [0, 0.05) is 10.7 Å². The van der Waals surface area contributed by atoms with Crippen LogP contribution in [0.2, 0.25) is 5.02 Å². The Morgan fingerprint density at radius 3 is 2.81 bits per heavy atom. The second-order valence-electron chi connectivity index (χ2n) is 5.16. The van der Waals surface area contributed by atoms with E-state index in [9.17, 15) is 10.1 Å². The van der Waals surface area contributed by atoms with Gasteiger partial charge in [0.1, 0.15) is 18.2 Å². The molecule has 0 heterocycles. The SMILES string of the molecule is C#CCOc1c(I)cc(/C=C(\C#N)C(=O)Nc2cccc(Cl)c2)cc1OC. The highest BCUT2D eigenvalue weighted by Crippen LogP contribution is 2.34. The molecule has 0 spiro atoms. The minimum atomic E-state index is -0.540. The highest BCUT2D eigenvalue weighted by atomic mass is 127. The second kappa shape index (κ2) is 9.86. The maximum absolute atomic E-state index is 12.4. The number of amides is 1. The van der Waals surface area contributed by atoms with E-state index < -0.39 is 5.91 Å². The summed E-state index contributed by atoms with van der Waals surface area (Å²) >= 11 is 7.98. The predicted molar refractivity (Wildman–Crippen MR) is 114 cm³/mol. The number of methoxy groups -OCH3 is 1. The zero-order chi connectivity index (χ0) is 19.8. The molecule has 27 heavy (non-hydrogen) atoms. The molecule has 136 valence electrons. The number of hydrogen-bond acceptors (Lipinski definition) is 4. The summed E-state index contributed by atoms with van der Waals surface area (Å²) in [6, 6.07) is 12.0. The molecular weight excluding hydrogens is 479 g/mol. The fourth-order valence-corrected chi connectivity index (χ4v) is 3.13. The van der Waals surface area contributed by atoms with E-state index in [1.165, 1.54) is 13.2 Å². The Morgan fingerprint density at radius 1 is 1.41 bits per heavy atom. The lowest BCUT2D eigenvalue weighted by Crippen LogP contribution is -2.13. The number of terminal acetylenes is 1. The van der Waals surface area contributed by atoms with E-state index >= 15 is 0 Å². The molecule has 0 atom stereocenters. The second-order valence-corrected chi connectivity index (χ2v) is 6.76. The molecule has 0 aromatic heterocycles. The van der Waals surface area contributed by atoms with E-state index in [0.717, 1.165) is 3.57 Å². The van der Waals surface area contributed by atoms with Crippen LogP contribution in [0.15, 0.2) is 42.0 Å². The highest BCUT2D eigenvalue weighted by Gasteiger charge is 2.14. The summed E-state index contributed by atoms with van der Waals surface area (Å²) < 4.78 is 11.5. The molecule has 2 aromatic carbocycles. The molecule has 0 aliphatic rings. The number of carbonyl (C=O) groups is 1. The van der Waals surface area contributed by atoms with Gasteiger partial charge >= 0.3 is 0 Å². The monoisotopic (exact) mass is 492 g/mol. The van der Waals surface area contributed by atoms with Crippen molar-refractivity contribution in [3.8, 4) is 29.9 Å². The molecule has 1 N–H and O–H groups in total. The van der Waals surface area contributed by atoms with Crippen LogP contribution >= 0.6 is 34.2 Å². The summed E-state index contributed by atoms with van der Waals surface area (Å²) in [6.45, 7) is 0.104. The van der Waals surface area contributed by atoms with Crippen LogP contribution in [0.25, 0.3) is 6.08 Å². The number of nitrogens with one attached hydrogen (secondary N) is 1. The molecule has 0 bridgehead atoms. The van der Waals surface area contributed by atoms with E-state index in [1.807, 2.05) is 6.07 Å². The molecule has 7 heteroatoms. The van der Waals surface area contributed by atoms with Crippen LogP contribution in [-0.4, -0.2) is 19.6 Å². The number of rotatable bonds is 6. The lowest BCUT2D eigenvalue weighted by molar-refractivity contribution is -0.112. The van der Waals surface area contributed by atoms with Crippen molar-refractivity contribution in [3.05, 3.63) is 56.1 Å². The van der Waals surface area contributed by atoms with Crippen LogP contribution in [0.5, 0.6) is 11.5 Å². The van der Waals surface area contributed by atoms with Crippen molar-refractivity contribution in [2.45, 2.75) is 0 Å². The molecule has 2 rings (SSSR count). The Bertz CT molecular complexity index is 974. The van der Waals surface area contributed by atoms with Crippen molar-refractivity contribution >= 4 is 51.9 Å².